The van der Waals surface area contributed by atoms with E-state index in [2.05, 4.69) is 4.90 Å². The number of amides is 1. The van der Waals surface area contributed by atoms with E-state index in [0.29, 0.717) is 33.3 Å². The largest absolute Gasteiger partial charge is 0.493 e. The van der Waals surface area contributed by atoms with Crippen LogP contribution in [0.3, 0.4) is 0 Å². The van der Waals surface area contributed by atoms with Gasteiger partial charge in [-0.2, -0.15) is 4.31 Å². The Kier molecular flexibility index (Phi) is 10.9. The Morgan fingerprint density at radius 2 is 1.73 bits per heavy atom. The maximum absolute atomic E-state index is 14.7. The third-order valence-electron chi connectivity index (χ3n) is 9.70. The highest BCUT2D eigenvalue weighted by Gasteiger charge is 2.40. The molecule has 2 aliphatic heterocycles. The first kappa shape index (κ1) is 39.0. The molecule has 18 heteroatoms. The number of piperazine rings is 1. The van der Waals surface area contributed by atoms with E-state index in [-0.39, 0.29) is 61.4 Å². The first-order chi connectivity index (χ1) is 25.9. The molecule has 1 atom stereocenters. The van der Waals surface area contributed by atoms with Crippen LogP contribution in [0.5, 0.6) is 5.75 Å². The van der Waals surface area contributed by atoms with E-state index in [1.165, 1.54) is 58.1 Å². The molecule has 2 aliphatic rings. The van der Waals surface area contributed by atoms with Crippen molar-refractivity contribution in [2.45, 2.75) is 35.3 Å². The van der Waals surface area contributed by atoms with E-state index in [1.807, 2.05) is 7.05 Å². The molecule has 6 aromatic rings. The van der Waals surface area contributed by atoms with Crippen LogP contribution in [0.25, 0.3) is 21.9 Å². The summed E-state index contributed by atoms with van der Waals surface area (Å²) in [7, 11) is -6.85. The number of hydrogen-bond acceptors (Lipinski definition) is 11. The summed E-state index contributed by atoms with van der Waals surface area (Å²) in [6.45, 7) is 1.43. The van der Waals surface area contributed by atoms with Crippen LogP contribution in [0.15, 0.2) is 104 Å². The van der Waals surface area contributed by atoms with Crippen molar-refractivity contribution < 1.29 is 30.8 Å². The van der Waals surface area contributed by atoms with Crippen molar-refractivity contribution in [1.82, 2.24) is 23.1 Å². The zero-order valence-corrected chi connectivity index (χ0v) is 33.4. The Morgan fingerprint density at radius 3 is 2.53 bits per heavy atom. The van der Waals surface area contributed by atoms with Crippen molar-refractivity contribution >= 4 is 83.2 Å². The highest BCUT2D eigenvalue weighted by molar-refractivity contribution is 7.92. The number of thiazole rings is 1. The summed E-state index contributed by atoms with van der Waals surface area (Å²) in [5.74, 6) is 0.128. The fraction of sp³-hybridized carbons (Fsp3) is 0.270. The van der Waals surface area contributed by atoms with Gasteiger partial charge in [-0.3, -0.25) is 4.79 Å². The van der Waals surface area contributed by atoms with Crippen molar-refractivity contribution in [3.63, 3.8) is 0 Å². The molecule has 5 heterocycles. The highest BCUT2D eigenvalue weighted by atomic mass is 35.5. The molecule has 3 aromatic heterocycles. The minimum Gasteiger partial charge on any atom is -0.493 e. The molecule has 55 heavy (non-hydrogen) atoms. The summed E-state index contributed by atoms with van der Waals surface area (Å²) >= 11 is 7.62. The number of carbonyl (C=O) groups is 1. The number of ether oxygens (including phenoxy) is 1. The van der Waals surface area contributed by atoms with Gasteiger partial charge >= 0.3 is 5.63 Å². The third-order valence-corrected chi connectivity index (χ3v) is 14.7. The number of likely N-dealkylation sites (N-methyl/N-ethyl adjacent to an activating group) is 1. The van der Waals surface area contributed by atoms with Crippen molar-refractivity contribution in [1.29, 1.82) is 0 Å². The number of benzene rings is 3. The van der Waals surface area contributed by atoms with Crippen molar-refractivity contribution in [3.05, 3.63) is 116 Å². The normalized spacial score (nSPS) is 16.9. The number of carbonyl (C=O) groups excluding carboxylic acids is 1. The van der Waals surface area contributed by atoms with Gasteiger partial charge in [0.25, 0.3) is 26.0 Å². The number of sulfonamides is 1. The molecular formula is C37H35Cl2N5O8S3. The van der Waals surface area contributed by atoms with Gasteiger partial charge in [0.05, 0.1) is 22.7 Å². The monoisotopic (exact) mass is 843 g/mol. The molecule has 1 unspecified atom stereocenters. The average molecular weight is 845 g/mol. The summed E-state index contributed by atoms with van der Waals surface area (Å²) in [4.78, 5) is 35.4. The lowest BCUT2D eigenvalue weighted by atomic mass is 10.1. The predicted octanol–water partition coefficient (Wildman–Crippen LogP) is 5.49. The van der Waals surface area contributed by atoms with Gasteiger partial charge in [0.1, 0.15) is 11.3 Å². The summed E-state index contributed by atoms with van der Waals surface area (Å²) in [5, 5.41) is 1.28. The summed E-state index contributed by atoms with van der Waals surface area (Å²) in [6.07, 6.45) is 0.957. The summed E-state index contributed by atoms with van der Waals surface area (Å²) in [6, 6.07) is 20.9. The van der Waals surface area contributed by atoms with Gasteiger partial charge in [-0.05, 0) is 61.6 Å². The van der Waals surface area contributed by atoms with Gasteiger partial charge in [0.15, 0.2) is 10.0 Å². The second-order valence-corrected chi connectivity index (χ2v) is 18.4. The molecule has 0 N–H and O–H groups in total. The fourth-order valence-electron chi connectivity index (χ4n) is 6.93. The van der Waals surface area contributed by atoms with Crippen LogP contribution in [0, 0.1) is 0 Å². The molecule has 1 saturated heterocycles. The number of rotatable bonds is 9. The van der Waals surface area contributed by atoms with E-state index in [0.717, 1.165) is 32.9 Å². The minimum absolute atomic E-state index is 0. The molecule has 0 saturated carbocycles. The van der Waals surface area contributed by atoms with Crippen LogP contribution in [0.1, 0.15) is 26.8 Å². The number of hydrogen-bond donors (Lipinski definition) is 0. The molecule has 0 bridgehead atoms. The first-order valence-electron chi connectivity index (χ1n) is 17.1. The lowest BCUT2D eigenvalue weighted by Crippen LogP contribution is -2.57. The predicted molar refractivity (Wildman–Crippen MR) is 212 cm³/mol. The van der Waals surface area contributed by atoms with Crippen LogP contribution in [-0.4, -0.2) is 91.7 Å². The van der Waals surface area contributed by atoms with Crippen LogP contribution in [0.2, 0.25) is 5.02 Å². The van der Waals surface area contributed by atoms with Gasteiger partial charge < -0.3 is 19.0 Å². The summed E-state index contributed by atoms with van der Waals surface area (Å²) < 4.78 is 71.0. The van der Waals surface area contributed by atoms with E-state index < -0.39 is 36.7 Å². The Bertz CT molecular complexity index is 2700. The van der Waals surface area contributed by atoms with E-state index >= 15 is 0 Å². The maximum Gasteiger partial charge on any atom is 0.336 e. The Hall–Kier alpha value is -4.29. The van der Waals surface area contributed by atoms with Crippen LogP contribution < -0.4 is 10.4 Å². The number of aromatic nitrogens is 2. The lowest BCUT2D eigenvalue weighted by molar-refractivity contribution is 0.0525. The Balaban J connectivity index is 0.00000465. The van der Waals surface area contributed by atoms with Crippen LogP contribution >= 0.6 is 35.3 Å². The molecule has 8 rings (SSSR count). The second kappa shape index (κ2) is 15.3. The van der Waals surface area contributed by atoms with E-state index in [9.17, 15) is 26.4 Å². The zero-order chi connectivity index (χ0) is 37.8. The smallest absolute Gasteiger partial charge is 0.336 e. The fourth-order valence-corrected chi connectivity index (χ4v) is 11.8. The molecule has 0 aliphatic carbocycles. The first-order valence-corrected chi connectivity index (χ1v) is 21.2. The maximum atomic E-state index is 14.7. The molecule has 13 nitrogen and oxygen atoms in total. The standard InChI is InChI=1S/C37H34ClN5O8S3.ClH/c1-40-15-13-30-33(23-40)52-36(39-30)37(45)42-17-16-41(22-27(42)14-18-50-28-10-7-24-8-12-35(44)51-32(24)21-28)54(48,49)34-20-25-19-26(38)9-11-31(25)43(34)53(46,47)29-5-3-2-4-6-29;/h2-12,19-21,27H,13-18,22-23H2,1H3;1H. The molecule has 0 radical (unpaired) electrons. The highest BCUT2D eigenvalue weighted by Crippen LogP contribution is 2.34. The molecule has 288 valence electrons. The van der Waals surface area contributed by atoms with E-state index in [4.69, 9.17) is 25.7 Å². The third kappa shape index (κ3) is 7.51. The number of halogens is 2. The lowest BCUT2D eigenvalue weighted by Gasteiger charge is -2.40. The van der Waals surface area contributed by atoms with Gasteiger partial charge in [-0.15, -0.1) is 23.7 Å². The number of nitrogens with zero attached hydrogens (tertiary/aromatic N) is 5. The van der Waals surface area contributed by atoms with Gasteiger partial charge in [0.2, 0.25) is 0 Å². The van der Waals surface area contributed by atoms with Crippen LogP contribution in [0.4, 0.5) is 0 Å². The van der Waals surface area contributed by atoms with Gasteiger partial charge in [-0.25, -0.2) is 30.6 Å². The van der Waals surface area contributed by atoms with Gasteiger partial charge in [0, 0.05) is 84.4 Å². The minimum atomic E-state index is -4.48. The van der Waals surface area contributed by atoms with Crippen LogP contribution in [-0.2, 0) is 33.0 Å². The molecule has 3 aromatic carbocycles. The average Bonchev–Trinajstić information content (AvgIpc) is 3.77. The summed E-state index contributed by atoms with van der Waals surface area (Å²) in [5.41, 5.74) is 0.919. The van der Waals surface area contributed by atoms with Crippen molar-refractivity contribution in [3.8, 4) is 5.75 Å². The van der Waals surface area contributed by atoms with Gasteiger partial charge in [-0.1, -0.05) is 29.8 Å². The SMILES string of the molecule is CN1CCc2nc(C(=O)N3CCN(S(=O)(=O)c4cc5cc(Cl)ccc5n4S(=O)(=O)c4ccccc4)CC3CCOc3ccc4ccc(=O)oc4c3)sc2C1.Cl. The quantitative estimate of drug-likeness (QED) is 0.171. The second-order valence-electron chi connectivity index (χ2n) is 13.3. The van der Waals surface area contributed by atoms with Crippen molar-refractivity contribution in [2.24, 2.45) is 0 Å². The molecule has 1 fully saturated rings. The zero-order valence-electron chi connectivity index (χ0n) is 29.3. The Morgan fingerprint density at radius 1 is 0.945 bits per heavy atom. The Labute approximate surface area is 332 Å². The van der Waals surface area contributed by atoms with Crippen molar-refractivity contribution in [2.75, 3.05) is 39.8 Å². The topological polar surface area (TPSA) is 152 Å². The molecular weight excluding hydrogens is 810 g/mol. The van der Waals surface area contributed by atoms with E-state index in [1.54, 1.807) is 47.4 Å². The number of fused-ring (bicyclic) bond motifs is 3. The molecule has 1 amide bonds. The molecule has 0 spiro atoms.